The second-order valence-electron chi connectivity index (χ2n) is 2.39. The Balaban J connectivity index is 3.21. The third-order valence-corrected chi connectivity index (χ3v) is 1.39. The third-order valence-electron chi connectivity index (χ3n) is 1.39. The average molecular weight is 144 g/mol. The quantitative estimate of drug-likeness (QED) is 0.571. The zero-order valence-electron chi connectivity index (χ0n) is 6.30. The fourth-order valence-corrected chi connectivity index (χ4v) is 0.722. The van der Waals surface area contributed by atoms with Crippen LogP contribution in [0.15, 0.2) is 0 Å². The molecule has 3 heteroatoms. The maximum absolute atomic E-state index is 10.6. The van der Waals surface area contributed by atoms with Gasteiger partial charge in [-0.15, -0.1) is 0 Å². The number of primary amides is 1. The Bertz CT molecular complexity index is 104. The molecule has 0 bridgehead atoms. The van der Waals surface area contributed by atoms with Crippen LogP contribution < -0.4 is 5.73 Å². The van der Waals surface area contributed by atoms with Crippen molar-refractivity contribution in [1.29, 1.82) is 0 Å². The highest BCUT2D eigenvalue weighted by Crippen LogP contribution is 2.02. The molecule has 0 aromatic rings. The first-order chi connectivity index (χ1) is 4.68. The van der Waals surface area contributed by atoms with Crippen LogP contribution in [-0.4, -0.2) is 12.0 Å². The van der Waals surface area contributed by atoms with E-state index in [1.165, 1.54) is 0 Å². The fraction of sp³-hybridized carbons (Fsp3) is 0.857. The molecular weight excluding hydrogens is 130 g/mol. The molecule has 10 heavy (non-hydrogen) atoms. The highest BCUT2D eigenvalue weighted by molar-refractivity contribution is 5.78. The van der Waals surface area contributed by atoms with Gasteiger partial charge in [-0.25, -0.2) is 5.11 Å². The van der Waals surface area contributed by atoms with E-state index in [4.69, 9.17) is 5.73 Å². The molecule has 0 heterocycles. The summed E-state index contributed by atoms with van der Waals surface area (Å²) >= 11 is 0. The van der Waals surface area contributed by atoms with Crippen molar-refractivity contribution in [3.8, 4) is 0 Å². The minimum Gasteiger partial charge on any atom is -0.367 e. The van der Waals surface area contributed by atoms with Gasteiger partial charge in [0.05, 0.1) is 0 Å². The molecule has 1 atom stereocenters. The van der Waals surface area contributed by atoms with Gasteiger partial charge in [0.1, 0.15) is 0 Å². The summed E-state index contributed by atoms with van der Waals surface area (Å²) in [6.07, 6.45) is 2.08. The molecule has 0 fully saturated rings. The summed E-state index contributed by atoms with van der Waals surface area (Å²) in [6, 6.07) is 0. The summed E-state index contributed by atoms with van der Waals surface area (Å²) < 4.78 is 0. The predicted octanol–water partition coefficient (Wildman–Crippen LogP) is 0.851. The van der Waals surface area contributed by atoms with E-state index in [1.807, 2.05) is 6.92 Å². The lowest BCUT2D eigenvalue weighted by molar-refractivity contribution is -0.129. The van der Waals surface area contributed by atoms with Gasteiger partial charge in [0.25, 0.3) is 0 Å². The van der Waals surface area contributed by atoms with Crippen molar-refractivity contribution in [1.82, 2.24) is 0 Å². The SMILES string of the molecule is CCCCCC([O])C(N)=O. The number of amides is 1. The molecule has 0 aromatic carbocycles. The number of nitrogens with two attached hydrogens (primary N) is 1. The topological polar surface area (TPSA) is 63.0 Å². The Morgan fingerprint density at radius 1 is 1.50 bits per heavy atom. The monoisotopic (exact) mass is 144 g/mol. The minimum absolute atomic E-state index is 0.392. The van der Waals surface area contributed by atoms with E-state index in [2.05, 4.69) is 0 Å². The van der Waals surface area contributed by atoms with Crippen molar-refractivity contribution in [2.75, 3.05) is 0 Å². The van der Waals surface area contributed by atoms with Gasteiger partial charge in [-0.05, 0) is 6.42 Å². The van der Waals surface area contributed by atoms with Crippen LogP contribution in [0.5, 0.6) is 0 Å². The molecule has 0 spiro atoms. The van der Waals surface area contributed by atoms with Crippen LogP contribution >= 0.6 is 0 Å². The normalized spacial score (nSPS) is 13.0. The predicted molar refractivity (Wildman–Crippen MR) is 37.8 cm³/mol. The van der Waals surface area contributed by atoms with Gasteiger partial charge in [0.15, 0.2) is 6.10 Å². The Kier molecular flexibility index (Phi) is 4.94. The van der Waals surface area contributed by atoms with Crippen LogP contribution in [0.1, 0.15) is 32.6 Å². The zero-order chi connectivity index (χ0) is 7.98. The number of hydrogen-bond donors (Lipinski definition) is 1. The molecule has 0 aromatic heterocycles. The van der Waals surface area contributed by atoms with E-state index in [0.717, 1.165) is 19.3 Å². The van der Waals surface area contributed by atoms with Crippen LogP contribution in [0.25, 0.3) is 0 Å². The van der Waals surface area contributed by atoms with Crippen molar-refractivity contribution in [3.63, 3.8) is 0 Å². The summed E-state index contributed by atoms with van der Waals surface area (Å²) in [6.45, 7) is 2.05. The summed E-state index contributed by atoms with van der Waals surface area (Å²) in [5.74, 6) is -0.726. The summed E-state index contributed by atoms with van der Waals surface area (Å²) in [7, 11) is 0. The van der Waals surface area contributed by atoms with Gasteiger partial charge in [-0.2, -0.15) is 0 Å². The second-order valence-corrected chi connectivity index (χ2v) is 2.39. The van der Waals surface area contributed by atoms with E-state index in [0.29, 0.717) is 6.42 Å². The maximum atomic E-state index is 10.6. The van der Waals surface area contributed by atoms with Gasteiger partial charge >= 0.3 is 0 Å². The van der Waals surface area contributed by atoms with Gasteiger partial charge in [0, 0.05) is 0 Å². The van der Waals surface area contributed by atoms with Crippen LogP contribution in [0.4, 0.5) is 0 Å². The van der Waals surface area contributed by atoms with Crippen molar-refractivity contribution < 1.29 is 9.90 Å². The fourth-order valence-electron chi connectivity index (χ4n) is 0.722. The molecule has 1 amide bonds. The van der Waals surface area contributed by atoms with Crippen molar-refractivity contribution >= 4 is 5.91 Å². The number of carbonyl (C=O) groups is 1. The summed E-state index contributed by atoms with van der Waals surface area (Å²) in [5.41, 5.74) is 4.77. The molecule has 0 rings (SSSR count). The Labute approximate surface area is 61.2 Å². The van der Waals surface area contributed by atoms with Gasteiger partial charge < -0.3 is 5.73 Å². The summed E-state index contributed by atoms with van der Waals surface area (Å²) in [4.78, 5) is 10.2. The zero-order valence-corrected chi connectivity index (χ0v) is 6.30. The molecule has 0 aliphatic heterocycles. The molecule has 0 aliphatic carbocycles. The number of unbranched alkanes of at least 4 members (excludes halogenated alkanes) is 2. The number of carbonyl (C=O) groups excluding carboxylic acids is 1. The molecule has 0 saturated carbocycles. The minimum atomic E-state index is -1.19. The van der Waals surface area contributed by atoms with E-state index < -0.39 is 12.0 Å². The standard InChI is InChI=1S/C7H14NO2/c1-2-3-4-5-6(9)7(8)10/h6H,2-5H2,1H3,(H2,8,10). The first-order valence-corrected chi connectivity index (χ1v) is 3.63. The molecule has 3 nitrogen and oxygen atoms in total. The van der Waals surface area contributed by atoms with Gasteiger partial charge in [-0.1, -0.05) is 26.2 Å². The lowest BCUT2D eigenvalue weighted by atomic mass is 10.1. The van der Waals surface area contributed by atoms with Crippen LogP contribution in [0, 0.1) is 0 Å². The van der Waals surface area contributed by atoms with Gasteiger partial charge in [-0.3, -0.25) is 4.79 Å². The first-order valence-electron chi connectivity index (χ1n) is 3.63. The highest BCUT2D eigenvalue weighted by Gasteiger charge is 2.10. The Morgan fingerprint density at radius 2 is 2.10 bits per heavy atom. The Hall–Kier alpha value is -0.570. The van der Waals surface area contributed by atoms with E-state index in [9.17, 15) is 9.90 Å². The van der Waals surface area contributed by atoms with Crippen LogP contribution in [-0.2, 0) is 9.90 Å². The lowest BCUT2D eigenvalue weighted by Gasteiger charge is -2.01. The van der Waals surface area contributed by atoms with Crippen molar-refractivity contribution in [3.05, 3.63) is 0 Å². The first kappa shape index (κ1) is 9.43. The third kappa shape index (κ3) is 4.32. The maximum Gasteiger partial charge on any atom is 0.249 e. The van der Waals surface area contributed by atoms with E-state index >= 15 is 0 Å². The van der Waals surface area contributed by atoms with E-state index in [-0.39, 0.29) is 0 Å². The van der Waals surface area contributed by atoms with Crippen molar-refractivity contribution in [2.24, 2.45) is 5.73 Å². The molecule has 59 valence electrons. The molecule has 0 aliphatic rings. The molecule has 2 N–H and O–H groups in total. The van der Waals surface area contributed by atoms with Crippen molar-refractivity contribution in [2.45, 2.75) is 38.7 Å². The average Bonchev–Trinajstić information content (AvgIpc) is 1.88. The lowest BCUT2D eigenvalue weighted by Crippen LogP contribution is -2.26. The van der Waals surface area contributed by atoms with Crippen LogP contribution in [0.3, 0.4) is 0 Å². The number of hydrogen-bond acceptors (Lipinski definition) is 1. The van der Waals surface area contributed by atoms with E-state index in [1.54, 1.807) is 0 Å². The number of rotatable bonds is 5. The highest BCUT2D eigenvalue weighted by atomic mass is 16.3. The molecule has 0 saturated heterocycles. The largest absolute Gasteiger partial charge is 0.367 e. The van der Waals surface area contributed by atoms with Gasteiger partial charge in [0.2, 0.25) is 5.91 Å². The molecular formula is C7H14NO2. The second kappa shape index (κ2) is 5.23. The smallest absolute Gasteiger partial charge is 0.249 e. The molecule has 1 radical (unpaired) electrons. The molecule has 1 unspecified atom stereocenters. The van der Waals surface area contributed by atoms with Crippen LogP contribution in [0.2, 0.25) is 0 Å². The Morgan fingerprint density at radius 3 is 2.50 bits per heavy atom. The summed E-state index contributed by atoms with van der Waals surface area (Å²) in [5, 5.41) is 10.6.